The van der Waals surface area contributed by atoms with Gasteiger partial charge in [0.1, 0.15) is 0 Å². The molecular weight excluding hydrogens is 170 g/mol. The molecule has 74 valence electrons. The van der Waals surface area contributed by atoms with Gasteiger partial charge in [0.15, 0.2) is 8.32 Å². The fourth-order valence-corrected chi connectivity index (χ4v) is 1.61. The van der Waals surface area contributed by atoms with Crippen LogP contribution in [-0.2, 0) is 4.43 Å². The quantitative estimate of drug-likeness (QED) is 0.419. The van der Waals surface area contributed by atoms with Gasteiger partial charge in [-0.05, 0) is 18.1 Å². The predicted molar refractivity (Wildman–Crippen MR) is 54.5 cm³/mol. The van der Waals surface area contributed by atoms with Gasteiger partial charge >= 0.3 is 0 Å². The van der Waals surface area contributed by atoms with Crippen molar-refractivity contribution in [1.29, 1.82) is 0 Å². The van der Waals surface area contributed by atoms with Gasteiger partial charge in [-0.25, -0.2) is 0 Å². The van der Waals surface area contributed by atoms with Crippen LogP contribution >= 0.6 is 0 Å². The average molecular weight is 190 g/mol. The van der Waals surface area contributed by atoms with E-state index in [2.05, 4.69) is 33.9 Å². The van der Waals surface area contributed by atoms with Gasteiger partial charge in [-0.1, -0.05) is 20.8 Å². The Hall–Kier alpha value is 0.0969. The zero-order valence-corrected chi connectivity index (χ0v) is 9.73. The van der Waals surface area contributed by atoms with Gasteiger partial charge in [0.05, 0.1) is 0 Å². The summed E-state index contributed by atoms with van der Waals surface area (Å²) in [6.07, 6.45) is 0. The lowest BCUT2D eigenvalue weighted by atomic mass is 10.2. The third kappa shape index (κ3) is 3.67. The minimum atomic E-state index is -1.62. The highest BCUT2D eigenvalue weighted by Gasteiger charge is 2.36. The summed E-state index contributed by atoms with van der Waals surface area (Å²) in [5.41, 5.74) is 1.84. The maximum Gasteiger partial charge on any atom is 0.192 e. The minimum Gasteiger partial charge on any atom is -0.788 e. The second-order valence-corrected chi connectivity index (χ2v) is 9.31. The van der Waals surface area contributed by atoms with Gasteiger partial charge < -0.3 is 15.1 Å². The first kappa shape index (κ1) is 12.1. The normalized spacial score (nSPS) is 13.5. The van der Waals surface area contributed by atoms with Crippen LogP contribution in [0.4, 0.5) is 0 Å². The van der Waals surface area contributed by atoms with Crippen molar-refractivity contribution in [2.75, 3.05) is 13.2 Å². The fourth-order valence-electron chi connectivity index (χ4n) is 0.564. The van der Waals surface area contributed by atoms with Crippen LogP contribution < -0.4 is 5.48 Å². The molecule has 3 nitrogen and oxygen atoms in total. The number of hydrogen-bond acceptors (Lipinski definition) is 3. The fraction of sp³-hybridized carbons (Fsp3) is 1.00. The zero-order valence-electron chi connectivity index (χ0n) is 8.73. The Balaban J connectivity index is 3.88. The van der Waals surface area contributed by atoms with Gasteiger partial charge in [-0.3, -0.25) is 0 Å². The van der Waals surface area contributed by atoms with Crippen molar-refractivity contribution in [3.05, 3.63) is 5.21 Å². The van der Waals surface area contributed by atoms with Crippen molar-refractivity contribution < 1.29 is 4.43 Å². The Morgan fingerprint density at radius 2 is 1.83 bits per heavy atom. The third-order valence-corrected chi connectivity index (χ3v) is 7.01. The van der Waals surface area contributed by atoms with Crippen molar-refractivity contribution in [2.45, 2.75) is 38.9 Å². The molecule has 0 atom stereocenters. The second-order valence-electron chi connectivity index (χ2n) is 4.50. The van der Waals surface area contributed by atoms with E-state index in [0.29, 0.717) is 13.2 Å². The van der Waals surface area contributed by atoms with Crippen molar-refractivity contribution in [3.8, 4) is 0 Å². The molecule has 0 bridgehead atoms. The summed E-state index contributed by atoms with van der Waals surface area (Å²) in [5, 5.41) is 10.2. The zero-order chi connectivity index (χ0) is 9.83. The molecule has 0 amide bonds. The Morgan fingerprint density at radius 1 is 1.33 bits per heavy atom. The highest BCUT2D eigenvalue weighted by Crippen LogP contribution is 2.36. The summed E-state index contributed by atoms with van der Waals surface area (Å²) >= 11 is 0. The molecule has 0 aromatic carbocycles. The highest BCUT2D eigenvalue weighted by atomic mass is 28.4. The first-order valence-corrected chi connectivity index (χ1v) is 7.21. The van der Waals surface area contributed by atoms with E-state index in [-0.39, 0.29) is 5.04 Å². The number of hydroxylamine groups is 1. The lowest BCUT2D eigenvalue weighted by molar-refractivity contribution is 0.291. The molecule has 0 aliphatic rings. The van der Waals surface area contributed by atoms with Crippen LogP contribution in [0.5, 0.6) is 0 Å². The first-order chi connectivity index (χ1) is 5.31. The molecule has 0 aliphatic carbocycles. The van der Waals surface area contributed by atoms with Crippen LogP contribution in [0.15, 0.2) is 0 Å². The van der Waals surface area contributed by atoms with Crippen LogP contribution in [0.1, 0.15) is 20.8 Å². The van der Waals surface area contributed by atoms with Crippen molar-refractivity contribution >= 4 is 8.32 Å². The highest BCUT2D eigenvalue weighted by molar-refractivity contribution is 6.74. The Morgan fingerprint density at radius 3 is 2.17 bits per heavy atom. The van der Waals surface area contributed by atoms with Gasteiger partial charge in [-0.2, -0.15) is 0 Å². The van der Waals surface area contributed by atoms with Gasteiger partial charge in [0.2, 0.25) is 0 Å². The van der Waals surface area contributed by atoms with Gasteiger partial charge in [0, 0.05) is 13.2 Å². The minimum absolute atomic E-state index is 0.232. The van der Waals surface area contributed by atoms with Crippen LogP contribution in [0.3, 0.4) is 0 Å². The predicted octanol–water partition coefficient (Wildman–Crippen LogP) is 2.10. The maximum atomic E-state index is 9.95. The average Bonchev–Trinajstić information content (AvgIpc) is 1.85. The molecule has 0 rings (SSSR count). The summed E-state index contributed by atoms with van der Waals surface area (Å²) in [6, 6.07) is 0. The molecule has 0 fully saturated rings. The molecule has 0 radical (unpaired) electrons. The molecular formula is C8H20NO2Si-. The molecule has 12 heavy (non-hydrogen) atoms. The summed E-state index contributed by atoms with van der Waals surface area (Å²) < 4.78 is 5.71. The van der Waals surface area contributed by atoms with Crippen molar-refractivity contribution in [1.82, 2.24) is 5.48 Å². The first-order valence-electron chi connectivity index (χ1n) is 4.30. The maximum absolute atomic E-state index is 9.95. The van der Waals surface area contributed by atoms with Crippen LogP contribution in [-0.4, -0.2) is 21.5 Å². The van der Waals surface area contributed by atoms with Crippen LogP contribution in [0.25, 0.3) is 0 Å². The largest absolute Gasteiger partial charge is 0.788 e. The van der Waals surface area contributed by atoms with E-state index in [1.54, 1.807) is 0 Å². The molecule has 0 heterocycles. The SMILES string of the molecule is CC(C)(C)[Si](C)(C)OCCN[O-]. The topological polar surface area (TPSA) is 44.3 Å². The van der Waals surface area contributed by atoms with Gasteiger partial charge in [0.25, 0.3) is 0 Å². The summed E-state index contributed by atoms with van der Waals surface area (Å²) in [6.45, 7) is 11.8. The lowest BCUT2D eigenvalue weighted by Crippen LogP contribution is -2.42. The Labute approximate surface area is 76.2 Å². The van der Waals surface area contributed by atoms with Gasteiger partial charge in [-0.15, -0.1) is 0 Å². The Bertz CT molecular complexity index is 132. The van der Waals surface area contributed by atoms with E-state index in [1.807, 2.05) is 5.48 Å². The molecule has 0 aromatic heterocycles. The monoisotopic (exact) mass is 190 g/mol. The molecule has 0 saturated heterocycles. The van der Waals surface area contributed by atoms with Crippen LogP contribution in [0.2, 0.25) is 18.1 Å². The van der Waals surface area contributed by atoms with Crippen LogP contribution in [0, 0.1) is 5.21 Å². The third-order valence-electron chi connectivity index (χ3n) is 2.47. The lowest BCUT2D eigenvalue weighted by Gasteiger charge is -2.36. The number of hydrogen-bond donors (Lipinski definition) is 1. The van der Waals surface area contributed by atoms with E-state index < -0.39 is 8.32 Å². The standard InChI is InChI=1S/C8H20NO2Si/c1-8(2,3)12(4,5)11-7-6-9-10/h9H,6-7H2,1-5H3/q-1. The molecule has 0 saturated carbocycles. The summed E-state index contributed by atoms with van der Waals surface area (Å²) in [4.78, 5) is 0. The molecule has 1 N–H and O–H groups in total. The van der Waals surface area contributed by atoms with Crippen molar-refractivity contribution in [3.63, 3.8) is 0 Å². The Kier molecular flexibility index (Phi) is 4.40. The van der Waals surface area contributed by atoms with E-state index in [0.717, 1.165) is 0 Å². The smallest absolute Gasteiger partial charge is 0.192 e. The van der Waals surface area contributed by atoms with Crippen molar-refractivity contribution in [2.24, 2.45) is 0 Å². The van der Waals surface area contributed by atoms with E-state index in [9.17, 15) is 5.21 Å². The molecule has 0 unspecified atom stereocenters. The summed E-state index contributed by atoms with van der Waals surface area (Å²) in [5.74, 6) is 0. The molecule has 0 aromatic rings. The van der Waals surface area contributed by atoms with E-state index >= 15 is 0 Å². The molecule has 0 aliphatic heterocycles. The molecule has 0 spiro atoms. The summed E-state index contributed by atoms with van der Waals surface area (Å²) in [7, 11) is -1.62. The van der Waals surface area contributed by atoms with E-state index in [4.69, 9.17) is 4.43 Å². The van der Waals surface area contributed by atoms with E-state index in [1.165, 1.54) is 0 Å². The molecule has 4 heteroatoms. The number of nitrogens with one attached hydrogen (secondary N) is 1. The second kappa shape index (κ2) is 4.37. The number of rotatable bonds is 4.